The van der Waals surface area contributed by atoms with Crippen LogP contribution in [0.5, 0.6) is 17.2 Å². The number of ether oxygens (including phenoxy) is 4. The number of amides is 1. The number of carbonyl (C=O) groups excluding carboxylic acids is 1. The van der Waals surface area contributed by atoms with Crippen molar-refractivity contribution in [3.05, 3.63) is 53.6 Å². The van der Waals surface area contributed by atoms with E-state index in [9.17, 15) is 4.79 Å². The summed E-state index contributed by atoms with van der Waals surface area (Å²) in [5.41, 5.74) is 1.56. The van der Waals surface area contributed by atoms with Crippen molar-refractivity contribution in [2.45, 2.75) is 6.04 Å². The maximum atomic E-state index is 12.9. The lowest BCUT2D eigenvalue weighted by Gasteiger charge is -2.35. The number of nitrogens with zero attached hydrogens (tertiary/aromatic N) is 1. The van der Waals surface area contributed by atoms with Crippen molar-refractivity contribution in [3.63, 3.8) is 0 Å². The predicted molar refractivity (Wildman–Crippen MR) is 110 cm³/mol. The number of para-hydroxylation sites is 1. The first-order valence-electron chi connectivity index (χ1n) is 9.63. The van der Waals surface area contributed by atoms with E-state index in [0.717, 1.165) is 24.4 Å². The van der Waals surface area contributed by atoms with Crippen molar-refractivity contribution in [2.75, 3.05) is 54.2 Å². The lowest BCUT2D eigenvalue weighted by atomic mass is 10.0. The lowest BCUT2D eigenvalue weighted by molar-refractivity contribution is 0.0162. The summed E-state index contributed by atoms with van der Waals surface area (Å²) in [6.45, 7) is 3.46. The molecule has 29 heavy (non-hydrogen) atoms. The number of benzene rings is 2. The van der Waals surface area contributed by atoms with E-state index < -0.39 is 0 Å². The van der Waals surface area contributed by atoms with Crippen LogP contribution in [0.15, 0.2) is 42.5 Å². The van der Waals surface area contributed by atoms with Crippen molar-refractivity contribution in [2.24, 2.45) is 0 Å². The highest BCUT2D eigenvalue weighted by molar-refractivity contribution is 5.97. The van der Waals surface area contributed by atoms with Gasteiger partial charge in [-0.05, 0) is 29.8 Å². The van der Waals surface area contributed by atoms with E-state index in [1.165, 1.54) is 7.11 Å². The van der Waals surface area contributed by atoms with Gasteiger partial charge in [-0.1, -0.05) is 18.2 Å². The van der Waals surface area contributed by atoms with Crippen LogP contribution >= 0.6 is 0 Å². The first kappa shape index (κ1) is 21.0. The molecule has 1 aliphatic rings. The highest BCUT2D eigenvalue weighted by Crippen LogP contribution is 2.31. The van der Waals surface area contributed by atoms with Crippen LogP contribution in [-0.2, 0) is 4.74 Å². The normalized spacial score (nSPS) is 15.4. The number of rotatable bonds is 8. The van der Waals surface area contributed by atoms with E-state index in [4.69, 9.17) is 18.9 Å². The molecule has 3 rings (SSSR count). The number of carbonyl (C=O) groups is 1. The Balaban J connectivity index is 1.78. The van der Waals surface area contributed by atoms with E-state index in [1.54, 1.807) is 32.4 Å². The third-order valence-corrected chi connectivity index (χ3v) is 5.09. The quantitative estimate of drug-likeness (QED) is 0.734. The Labute approximate surface area is 171 Å². The molecule has 1 aliphatic heterocycles. The molecule has 2 aromatic rings. The molecule has 156 valence electrons. The van der Waals surface area contributed by atoms with Gasteiger partial charge in [-0.15, -0.1) is 0 Å². The molecule has 0 spiro atoms. The first-order chi connectivity index (χ1) is 14.2. The maximum absolute atomic E-state index is 12.9. The van der Waals surface area contributed by atoms with Crippen LogP contribution in [0.1, 0.15) is 22.0 Å². The fourth-order valence-corrected chi connectivity index (χ4v) is 3.52. The Kier molecular flexibility index (Phi) is 7.32. The summed E-state index contributed by atoms with van der Waals surface area (Å²) in [6, 6.07) is 13.3. The second-order valence-electron chi connectivity index (χ2n) is 6.69. The van der Waals surface area contributed by atoms with E-state index >= 15 is 0 Å². The van der Waals surface area contributed by atoms with Gasteiger partial charge in [0.05, 0.1) is 46.1 Å². The minimum atomic E-state index is -0.201. The van der Waals surface area contributed by atoms with Crippen molar-refractivity contribution in [1.29, 1.82) is 0 Å². The molecule has 1 N–H and O–H groups in total. The molecule has 0 radical (unpaired) electrons. The van der Waals surface area contributed by atoms with E-state index in [0.29, 0.717) is 36.8 Å². The van der Waals surface area contributed by atoms with Crippen LogP contribution < -0.4 is 19.5 Å². The first-order valence-corrected chi connectivity index (χ1v) is 9.63. The zero-order valence-electron chi connectivity index (χ0n) is 17.1. The van der Waals surface area contributed by atoms with Gasteiger partial charge in [0.2, 0.25) is 0 Å². The van der Waals surface area contributed by atoms with Crippen LogP contribution in [0.25, 0.3) is 0 Å². The highest BCUT2D eigenvalue weighted by atomic mass is 16.5. The van der Waals surface area contributed by atoms with E-state index in [1.807, 2.05) is 24.3 Å². The van der Waals surface area contributed by atoms with Gasteiger partial charge in [0.25, 0.3) is 5.91 Å². The monoisotopic (exact) mass is 400 g/mol. The third-order valence-electron chi connectivity index (χ3n) is 5.09. The van der Waals surface area contributed by atoms with Gasteiger partial charge in [0, 0.05) is 19.6 Å². The largest absolute Gasteiger partial charge is 0.497 e. The van der Waals surface area contributed by atoms with E-state index in [-0.39, 0.29) is 11.9 Å². The zero-order valence-corrected chi connectivity index (χ0v) is 17.1. The maximum Gasteiger partial charge on any atom is 0.255 e. The topological polar surface area (TPSA) is 69.3 Å². The summed E-state index contributed by atoms with van der Waals surface area (Å²) in [5.74, 6) is 1.56. The summed E-state index contributed by atoms with van der Waals surface area (Å²) in [6.07, 6.45) is 0. The van der Waals surface area contributed by atoms with Crippen LogP contribution in [0.2, 0.25) is 0 Å². The van der Waals surface area contributed by atoms with Gasteiger partial charge < -0.3 is 24.3 Å². The number of methoxy groups -OCH3 is 3. The SMILES string of the molecule is COc1ccc(C(CNC(=O)c2cccc(OC)c2OC)N2CCOCC2)cc1. The standard InChI is InChI=1S/C22H28N2O5/c1-26-17-9-7-16(8-10-17)19(24-11-13-29-14-12-24)15-23-22(25)18-5-4-6-20(27-2)21(18)28-3/h4-10,19H,11-15H2,1-3H3,(H,23,25). The Bertz CT molecular complexity index is 803. The van der Waals surface area contributed by atoms with Crippen LogP contribution in [0, 0.1) is 0 Å². The molecule has 0 aromatic heterocycles. The molecule has 1 amide bonds. The zero-order chi connectivity index (χ0) is 20.6. The molecule has 1 heterocycles. The molecule has 1 fully saturated rings. The smallest absolute Gasteiger partial charge is 0.255 e. The molecular formula is C22H28N2O5. The average Bonchev–Trinajstić information content (AvgIpc) is 2.79. The molecule has 2 aromatic carbocycles. The second kappa shape index (κ2) is 10.1. The Morgan fingerprint density at radius 3 is 2.38 bits per heavy atom. The van der Waals surface area contributed by atoms with Crippen molar-refractivity contribution >= 4 is 5.91 Å². The third kappa shape index (κ3) is 4.99. The van der Waals surface area contributed by atoms with E-state index in [2.05, 4.69) is 10.2 Å². The molecule has 1 unspecified atom stereocenters. The highest BCUT2D eigenvalue weighted by Gasteiger charge is 2.24. The van der Waals surface area contributed by atoms with Crippen LogP contribution in [-0.4, -0.2) is 65.0 Å². The van der Waals surface area contributed by atoms with Crippen molar-refractivity contribution in [1.82, 2.24) is 10.2 Å². The van der Waals surface area contributed by atoms with Gasteiger partial charge in [-0.3, -0.25) is 9.69 Å². The lowest BCUT2D eigenvalue weighted by Crippen LogP contribution is -2.43. The van der Waals surface area contributed by atoms with Gasteiger partial charge in [-0.2, -0.15) is 0 Å². The van der Waals surface area contributed by atoms with Crippen molar-refractivity contribution in [3.8, 4) is 17.2 Å². The number of morpholine rings is 1. The Morgan fingerprint density at radius 1 is 1.03 bits per heavy atom. The van der Waals surface area contributed by atoms with Gasteiger partial charge in [0.15, 0.2) is 11.5 Å². The summed E-state index contributed by atoms with van der Waals surface area (Å²) >= 11 is 0. The number of nitrogens with one attached hydrogen (secondary N) is 1. The van der Waals surface area contributed by atoms with Gasteiger partial charge >= 0.3 is 0 Å². The fourth-order valence-electron chi connectivity index (χ4n) is 3.52. The predicted octanol–water partition coefficient (Wildman–Crippen LogP) is 2.52. The molecule has 0 saturated carbocycles. The minimum absolute atomic E-state index is 0.0327. The second-order valence-corrected chi connectivity index (χ2v) is 6.69. The minimum Gasteiger partial charge on any atom is -0.497 e. The molecule has 0 aliphatic carbocycles. The van der Waals surface area contributed by atoms with Gasteiger partial charge in [-0.25, -0.2) is 0 Å². The number of hydrogen-bond acceptors (Lipinski definition) is 6. The van der Waals surface area contributed by atoms with Crippen LogP contribution in [0.4, 0.5) is 0 Å². The fraction of sp³-hybridized carbons (Fsp3) is 0.409. The Hall–Kier alpha value is -2.77. The van der Waals surface area contributed by atoms with Crippen molar-refractivity contribution < 1.29 is 23.7 Å². The van der Waals surface area contributed by atoms with Gasteiger partial charge in [0.1, 0.15) is 5.75 Å². The molecule has 1 saturated heterocycles. The number of hydrogen-bond donors (Lipinski definition) is 1. The Morgan fingerprint density at radius 2 is 1.76 bits per heavy atom. The molecule has 7 heteroatoms. The van der Waals surface area contributed by atoms with Crippen LogP contribution in [0.3, 0.4) is 0 Å². The molecule has 0 bridgehead atoms. The summed E-state index contributed by atoms with van der Waals surface area (Å²) in [4.78, 5) is 15.2. The summed E-state index contributed by atoms with van der Waals surface area (Å²) < 4.78 is 21.5. The summed E-state index contributed by atoms with van der Waals surface area (Å²) in [7, 11) is 4.73. The molecule has 7 nitrogen and oxygen atoms in total. The molecular weight excluding hydrogens is 372 g/mol. The summed E-state index contributed by atoms with van der Waals surface area (Å²) in [5, 5.41) is 3.06. The average molecular weight is 400 g/mol. The molecule has 1 atom stereocenters.